The van der Waals surface area contributed by atoms with Crippen molar-refractivity contribution in [3.63, 3.8) is 0 Å². The molecule has 2 N–H and O–H groups in total. The second-order valence-corrected chi connectivity index (χ2v) is 5.82. The number of aromatic nitrogens is 1. The highest BCUT2D eigenvalue weighted by Crippen LogP contribution is 2.28. The minimum atomic E-state index is -1.41. The van der Waals surface area contributed by atoms with Gasteiger partial charge in [0.05, 0.1) is 21.6 Å². The van der Waals surface area contributed by atoms with Gasteiger partial charge < -0.3 is 10.3 Å². The lowest BCUT2D eigenvalue weighted by Gasteiger charge is -2.13. The number of carbonyl (C=O) groups is 1. The van der Waals surface area contributed by atoms with Crippen LogP contribution in [-0.4, -0.2) is 10.8 Å². The third-order valence-electron chi connectivity index (χ3n) is 3.68. The van der Waals surface area contributed by atoms with E-state index in [1.54, 1.807) is 0 Å². The molecular formula is C17H9ClF4N2O2. The molecule has 0 radical (unpaired) electrons. The van der Waals surface area contributed by atoms with Crippen LogP contribution >= 0.6 is 11.6 Å². The standard InChI is InChI=1S/C17H9ClF4N2O2/c1-6(25)13-16(26)14-8(19)3-2-7(18)15(14)24-17(13)23-12-5-10(21)9(20)4-11(12)22/h2-5H,1H3,(H2,23,24,26). The van der Waals surface area contributed by atoms with E-state index in [4.69, 9.17) is 11.6 Å². The Morgan fingerprint density at radius 2 is 1.69 bits per heavy atom. The Hall–Kier alpha value is -2.87. The molecule has 0 saturated heterocycles. The summed E-state index contributed by atoms with van der Waals surface area (Å²) in [6, 6.07) is 2.97. The van der Waals surface area contributed by atoms with Gasteiger partial charge in [-0.2, -0.15) is 0 Å². The lowest BCUT2D eigenvalue weighted by Crippen LogP contribution is -2.19. The van der Waals surface area contributed by atoms with Crippen LogP contribution in [0.4, 0.5) is 29.1 Å². The first-order valence-electron chi connectivity index (χ1n) is 7.17. The summed E-state index contributed by atoms with van der Waals surface area (Å²) in [6.07, 6.45) is 0. The van der Waals surface area contributed by atoms with Crippen LogP contribution in [0, 0.1) is 23.3 Å². The van der Waals surface area contributed by atoms with Crippen molar-refractivity contribution in [1.82, 2.24) is 4.98 Å². The second kappa shape index (κ2) is 6.45. The van der Waals surface area contributed by atoms with Gasteiger partial charge >= 0.3 is 0 Å². The normalized spacial score (nSPS) is 11.0. The third kappa shape index (κ3) is 2.92. The fraction of sp³-hybridized carbons (Fsp3) is 0.0588. The highest BCUT2D eigenvalue weighted by molar-refractivity contribution is 6.35. The Kier molecular flexibility index (Phi) is 4.45. The van der Waals surface area contributed by atoms with Crippen molar-refractivity contribution in [3.8, 4) is 0 Å². The summed E-state index contributed by atoms with van der Waals surface area (Å²) in [4.78, 5) is 27.0. The average Bonchev–Trinajstić information content (AvgIpc) is 2.55. The van der Waals surface area contributed by atoms with Crippen LogP contribution in [0.5, 0.6) is 0 Å². The molecule has 0 spiro atoms. The Morgan fingerprint density at radius 1 is 1.04 bits per heavy atom. The summed E-state index contributed by atoms with van der Waals surface area (Å²) in [6.45, 7) is 1.05. The molecule has 3 rings (SSSR count). The van der Waals surface area contributed by atoms with Gasteiger partial charge in [-0.15, -0.1) is 0 Å². The Labute approximate surface area is 148 Å². The number of carbonyl (C=O) groups excluding carboxylic acids is 1. The van der Waals surface area contributed by atoms with Crippen molar-refractivity contribution >= 4 is 39.8 Å². The molecule has 0 saturated carbocycles. The summed E-state index contributed by atoms with van der Waals surface area (Å²) in [5.41, 5.74) is -2.15. The zero-order valence-corrected chi connectivity index (χ0v) is 13.8. The van der Waals surface area contributed by atoms with E-state index in [0.29, 0.717) is 12.1 Å². The number of fused-ring (bicyclic) bond motifs is 1. The largest absolute Gasteiger partial charge is 0.339 e. The number of aromatic amines is 1. The molecule has 26 heavy (non-hydrogen) atoms. The first kappa shape index (κ1) is 17.9. The number of H-pyrrole nitrogens is 1. The maximum Gasteiger partial charge on any atom is 0.205 e. The fourth-order valence-electron chi connectivity index (χ4n) is 2.50. The van der Waals surface area contributed by atoms with Gasteiger partial charge in [-0.05, 0) is 19.1 Å². The van der Waals surface area contributed by atoms with Crippen molar-refractivity contribution in [3.05, 3.63) is 68.3 Å². The average molecular weight is 385 g/mol. The van der Waals surface area contributed by atoms with E-state index in [2.05, 4.69) is 10.3 Å². The number of hydrogen-bond donors (Lipinski definition) is 2. The monoisotopic (exact) mass is 384 g/mol. The predicted octanol–water partition coefficient (Wildman–Crippen LogP) is 4.68. The van der Waals surface area contributed by atoms with Gasteiger partial charge in [-0.25, -0.2) is 17.6 Å². The van der Waals surface area contributed by atoms with E-state index >= 15 is 0 Å². The van der Waals surface area contributed by atoms with Crippen LogP contribution < -0.4 is 10.7 Å². The highest BCUT2D eigenvalue weighted by Gasteiger charge is 2.21. The summed E-state index contributed by atoms with van der Waals surface area (Å²) in [5, 5.41) is 1.86. The summed E-state index contributed by atoms with van der Waals surface area (Å²) in [5.74, 6) is -5.89. The van der Waals surface area contributed by atoms with Crippen LogP contribution in [0.2, 0.25) is 5.02 Å². The van der Waals surface area contributed by atoms with E-state index in [-0.39, 0.29) is 16.4 Å². The number of ketones is 1. The number of benzene rings is 2. The van der Waals surface area contributed by atoms with Crippen LogP contribution in [0.25, 0.3) is 10.9 Å². The molecular weight excluding hydrogens is 376 g/mol. The van der Waals surface area contributed by atoms with Crippen molar-refractivity contribution in [2.75, 3.05) is 5.32 Å². The number of hydrogen-bond acceptors (Lipinski definition) is 3. The van der Waals surface area contributed by atoms with Gasteiger partial charge in [0, 0.05) is 12.1 Å². The number of pyridine rings is 1. The van der Waals surface area contributed by atoms with E-state index in [0.717, 1.165) is 13.0 Å². The smallest absolute Gasteiger partial charge is 0.205 e. The van der Waals surface area contributed by atoms with E-state index < -0.39 is 51.1 Å². The lowest BCUT2D eigenvalue weighted by atomic mass is 10.1. The molecule has 1 aromatic heterocycles. The van der Waals surface area contributed by atoms with Crippen molar-refractivity contribution in [2.45, 2.75) is 6.92 Å². The number of halogens is 5. The molecule has 0 aliphatic carbocycles. The van der Waals surface area contributed by atoms with E-state index in [9.17, 15) is 27.2 Å². The van der Waals surface area contributed by atoms with Gasteiger partial charge in [-0.1, -0.05) is 11.6 Å². The number of nitrogens with one attached hydrogen (secondary N) is 2. The third-order valence-corrected chi connectivity index (χ3v) is 3.99. The Balaban J connectivity index is 2.31. The minimum Gasteiger partial charge on any atom is -0.339 e. The van der Waals surface area contributed by atoms with Crippen molar-refractivity contribution in [1.29, 1.82) is 0 Å². The molecule has 3 aromatic rings. The lowest BCUT2D eigenvalue weighted by molar-refractivity contribution is 0.101. The molecule has 4 nitrogen and oxygen atoms in total. The second-order valence-electron chi connectivity index (χ2n) is 5.41. The topological polar surface area (TPSA) is 62.0 Å². The van der Waals surface area contributed by atoms with Crippen LogP contribution in [0.15, 0.2) is 29.1 Å². The fourth-order valence-corrected chi connectivity index (χ4v) is 2.71. The molecule has 9 heteroatoms. The van der Waals surface area contributed by atoms with Gasteiger partial charge in [0.2, 0.25) is 5.43 Å². The first-order chi connectivity index (χ1) is 12.2. The maximum absolute atomic E-state index is 14.0. The summed E-state index contributed by atoms with van der Waals surface area (Å²) >= 11 is 5.95. The zero-order valence-electron chi connectivity index (χ0n) is 13.0. The predicted molar refractivity (Wildman–Crippen MR) is 89.1 cm³/mol. The maximum atomic E-state index is 14.0. The SMILES string of the molecule is CC(=O)c1c(Nc2cc(F)c(F)cc2F)[nH]c2c(Cl)ccc(F)c2c1=O. The van der Waals surface area contributed by atoms with E-state index in [1.165, 1.54) is 6.07 Å². The van der Waals surface area contributed by atoms with Gasteiger partial charge in [0.1, 0.15) is 23.0 Å². The summed E-state index contributed by atoms with van der Waals surface area (Å²) in [7, 11) is 0. The van der Waals surface area contributed by atoms with Crippen LogP contribution in [0.1, 0.15) is 17.3 Å². The van der Waals surface area contributed by atoms with Gasteiger partial charge in [0.15, 0.2) is 17.4 Å². The molecule has 1 heterocycles. The van der Waals surface area contributed by atoms with Crippen LogP contribution in [-0.2, 0) is 0 Å². The Morgan fingerprint density at radius 3 is 2.35 bits per heavy atom. The first-order valence-corrected chi connectivity index (χ1v) is 7.55. The number of Topliss-reactive ketones (excluding diaryl/α,β-unsaturated/α-hetero) is 1. The molecule has 0 unspecified atom stereocenters. The molecule has 0 aliphatic heterocycles. The van der Waals surface area contributed by atoms with Gasteiger partial charge in [0.25, 0.3) is 0 Å². The Bertz CT molecular complexity index is 1130. The van der Waals surface area contributed by atoms with Crippen molar-refractivity contribution < 1.29 is 22.4 Å². The molecule has 0 bridgehead atoms. The number of rotatable bonds is 3. The van der Waals surface area contributed by atoms with Crippen molar-refractivity contribution in [2.24, 2.45) is 0 Å². The van der Waals surface area contributed by atoms with Gasteiger partial charge in [-0.3, -0.25) is 9.59 Å². The molecule has 0 aliphatic rings. The molecule has 134 valence electrons. The zero-order chi connectivity index (χ0) is 19.2. The molecule has 0 atom stereocenters. The van der Waals surface area contributed by atoms with E-state index in [1.807, 2.05) is 0 Å². The summed E-state index contributed by atoms with van der Waals surface area (Å²) < 4.78 is 54.3. The molecule has 0 amide bonds. The molecule has 2 aromatic carbocycles. The quantitative estimate of drug-likeness (QED) is 0.391. The van der Waals surface area contributed by atoms with Crippen LogP contribution in [0.3, 0.4) is 0 Å². The minimum absolute atomic E-state index is 0.0255. The highest BCUT2D eigenvalue weighted by atomic mass is 35.5. The number of anilines is 2. The molecule has 0 fully saturated rings.